The van der Waals surface area contributed by atoms with Gasteiger partial charge in [-0.3, -0.25) is 14.6 Å². The molecule has 132 valence electrons. The van der Waals surface area contributed by atoms with E-state index in [0.29, 0.717) is 32.1 Å². The molecule has 0 aliphatic carbocycles. The third kappa shape index (κ3) is 3.95. The van der Waals surface area contributed by atoms with Crippen LogP contribution in [0.3, 0.4) is 0 Å². The minimum atomic E-state index is -0.909. The summed E-state index contributed by atoms with van der Waals surface area (Å²) in [6.45, 7) is 0. The number of amides is 2. The van der Waals surface area contributed by atoms with Crippen molar-refractivity contribution in [2.75, 3.05) is 0 Å². The zero-order chi connectivity index (χ0) is 18.7. The number of fused-ring (bicyclic) bond motifs is 1. The van der Waals surface area contributed by atoms with E-state index in [4.69, 9.17) is 28.9 Å². The normalized spacial score (nSPS) is 11.9. The highest BCUT2D eigenvalue weighted by atomic mass is 35.5. The Bertz CT molecular complexity index is 986. The summed E-state index contributed by atoms with van der Waals surface area (Å²) in [7, 11) is 0. The molecular weight excluding hydrogens is 373 g/mol. The number of nitrogens with one attached hydrogen (secondary N) is 1. The third-order valence-electron chi connectivity index (χ3n) is 3.98. The highest BCUT2D eigenvalue weighted by Crippen LogP contribution is 2.22. The molecule has 1 heterocycles. The summed E-state index contributed by atoms with van der Waals surface area (Å²) in [6, 6.07) is 12.9. The van der Waals surface area contributed by atoms with Crippen LogP contribution in [0, 0.1) is 0 Å². The minimum absolute atomic E-state index is 0.167. The third-order valence-corrected chi connectivity index (χ3v) is 4.57. The van der Waals surface area contributed by atoms with Crippen LogP contribution in [-0.2, 0) is 11.2 Å². The number of pyridine rings is 1. The SMILES string of the molecule is NC(=O)[C@H](Cc1ccc(Cl)cc1Cl)NC(=O)c1ccnc2ccccc12. The van der Waals surface area contributed by atoms with Crippen molar-refractivity contribution in [3.63, 3.8) is 0 Å². The number of benzene rings is 2. The standard InChI is InChI=1S/C19H15Cl2N3O2/c20-12-6-5-11(15(21)10-12)9-17(18(22)25)24-19(26)14-7-8-23-16-4-2-1-3-13(14)16/h1-8,10,17H,9H2,(H2,22,25)(H,24,26)/t17-/m0/s1. The Morgan fingerprint density at radius 3 is 2.62 bits per heavy atom. The largest absolute Gasteiger partial charge is 0.368 e. The highest BCUT2D eigenvalue weighted by molar-refractivity contribution is 6.35. The van der Waals surface area contributed by atoms with Crippen LogP contribution in [0.2, 0.25) is 10.0 Å². The van der Waals surface area contributed by atoms with E-state index in [1.807, 2.05) is 18.2 Å². The Kier molecular flexibility index (Phi) is 5.40. The first-order valence-electron chi connectivity index (χ1n) is 7.83. The van der Waals surface area contributed by atoms with E-state index >= 15 is 0 Å². The second kappa shape index (κ2) is 7.72. The van der Waals surface area contributed by atoms with E-state index in [1.165, 1.54) is 0 Å². The molecule has 3 N–H and O–H groups in total. The van der Waals surface area contributed by atoms with Gasteiger partial charge in [0.25, 0.3) is 5.91 Å². The molecule has 26 heavy (non-hydrogen) atoms. The maximum Gasteiger partial charge on any atom is 0.252 e. The van der Waals surface area contributed by atoms with E-state index in [-0.39, 0.29) is 6.42 Å². The maximum atomic E-state index is 12.7. The van der Waals surface area contributed by atoms with Gasteiger partial charge in [-0.1, -0.05) is 47.5 Å². The van der Waals surface area contributed by atoms with Gasteiger partial charge in [0.15, 0.2) is 0 Å². The molecule has 0 saturated heterocycles. The van der Waals surface area contributed by atoms with E-state index < -0.39 is 17.9 Å². The number of rotatable bonds is 5. The summed E-state index contributed by atoms with van der Waals surface area (Å²) in [4.78, 5) is 28.8. The first-order chi connectivity index (χ1) is 12.5. The van der Waals surface area contributed by atoms with Crippen molar-refractivity contribution in [3.8, 4) is 0 Å². The number of nitrogens with two attached hydrogens (primary N) is 1. The van der Waals surface area contributed by atoms with E-state index in [1.54, 1.807) is 36.5 Å². The quantitative estimate of drug-likeness (QED) is 0.703. The number of aromatic nitrogens is 1. The smallest absolute Gasteiger partial charge is 0.252 e. The number of carbonyl (C=O) groups is 2. The predicted octanol–water partition coefficient (Wildman–Crippen LogP) is 3.37. The predicted molar refractivity (Wildman–Crippen MR) is 102 cm³/mol. The van der Waals surface area contributed by atoms with Crippen LogP contribution in [0.4, 0.5) is 0 Å². The molecule has 3 aromatic rings. The number of halogens is 2. The van der Waals surface area contributed by atoms with Gasteiger partial charge in [-0.05, 0) is 29.8 Å². The maximum absolute atomic E-state index is 12.7. The Morgan fingerprint density at radius 1 is 1.12 bits per heavy atom. The highest BCUT2D eigenvalue weighted by Gasteiger charge is 2.21. The molecule has 0 fully saturated rings. The number of nitrogens with zero attached hydrogens (tertiary/aromatic N) is 1. The molecule has 2 amide bonds. The van der Waals surface area contributed by atoms with Gasteiger partial charge in [-0.25, -0.2) is 0 Å². The lowest BCUT2D eigenvalue weighted by atomic mass is 10.0. The van der Waals surface area contributed by atoms with Gasteiger partial charge in [0.1, 0.15) is 6.04 Å². The number of hydrogen-bond donors (Lipinski definition) is 2. The number of hydrogen-bond acceptors (Lipinski definition) is 3. The fourth-order valence-electron chi connectivity index (χ4n) is 2.66. The van der Waals surface area contributed by atoms with Crippen LogP contribution in [0.5, 0.6) is 0 Å². The lowest BCUT2D eigenvalue weighted by molar-refractivity contribution is -0.119. The molecule has 0 spiro atoms. The van der Waals surface area contributed by atoms with Crippen molar-refractivity contribution in [2.45, 2.75) is 12.5 Å². The Balaban J connectivity index is 1.85. The summed E-state index contributed by atoms with van der Waals surface area (Å²) in [5.41, 5.74) is 7.25. The molecule has 0 aliphatic heterocycles. The monoisotopic (exact) mass is 387 g/mol. The molecule has 1 aromatic heterocycles. The summed E-state index contributed by atoms with van der Waals surface area (Å²) in [5.74, 6) is -1.06. The van der Waals surface area contributed by atoms with Crippen LogP contribution in [0.1, 0.15) is 15.9 Å². The van der Waals surface area contributed by atoms with E-state index in [0.717, 1.165) is 0 Å². The Morgan fingerprint density at radius 2 is 1.88 bits per heavy atom. The van der Waals surface area contributed by atoms with Crippen LogP contribution < -0.4 is 11.1 Å². The van der Waals surface area contributed by atoms with Gasteiger partial charge < -0.3 is 11.1 Å². The van der Waals surface area contributed by atoms with Crippen molar-refractivity contribution < 1.29 is 9.59 Å². The van der Waals surface area contributed by atoms with Crippen molar-refractivity contribution in [1.82, 2.24) is 10.3 Å². The van der Waals surface area contributed by atoms with Crippen LogP contribution in [0.25, 0.3) is 10.9 Å². The van der Waals surface area contributed by atoms with Gasteiger partial charge in [-0.2, -0.15) is 0 Å². The number of primary amides is 1. The second-order valence-corrected chi connectivity index (χ2v) is 6.59. The Hall–Kier alpha value is -2.63. The van der Waals surface area contributed by atoms with Gasteiger partial charge in [0.05, 0.1) is 11.1 Å². The molecule has 2 aromatic carbocycles. The summed E-state index contributed by atoms with van der Waals surface area (Å²) >= 11 is 12.0. The number of para-hydroxylation sites is 1. The van der Waals surface area contributed by atoms with E-state index in [2.05, 4.69) is 10.3 Å². The summed E-state index contributed by atoms with van der Waals surface area (Å²) < 4.78 is 0. The van der Waals surface area contributed by atoms with Crippen molar-refractivity contribution in [3.05, 3.63) is 75.9 Å². The number of carbonyl (C=O) groups excluding carboxylic acids is 2. The molecule has 3 rings (SSSR count). The van der Waals surface area contributed by atoms with Gasteiger partial charge in [-0.15, -0.1) is 0 Å². The van der Waals surface area contributed by atoms with Crippen LogP contribution in [-0.4, -0.2) is 22.8 Å². The minimum Gasteiger partial charge on any atom is -0.368 e. The summed E-state index contributed by atoms with van der Waals surface area (Å²) in [6.07, 6.45) is 1.71. The summed E-state index contributed by atoms with van der Waals surface area (Å²) in [5, 5.41) is 4.27. The van der Waals surface area contributed by atoms with Gasteiger partial charge >= 0.3 is 0 Å². The molecule has 5 nitrogen and oxygen atoms in total. The average molecular weight is 388 g/mol. The zero-order valence-corrected chi connectivity index (χ0v) is 15.1. The van der Waals surface area contributed by atoms with Crippen molar-refractivity contribution >= 4 is 45.9 Å². The molecule has 0 unspecified atom stereocenters. The Labute approximate surface area is 160 Å². The molecule has 0 bridgehead atoms. The first-order valence-corrected chi connectivity index (χ1v) is 8.59. The molecule has 7 heteroatoms. The van der Waals surface area contributed by atoms with Crippen LogP contribution in [0.15, 0.2) is 54.7 Å². The molecule has 0 radical (unpaired) electrons. The molecule has 0 aliphatic rings. The van der Waals surface area contributed by atoms with Crippen molar-refractivity contribution in [1.29, 1.82) is 0 Å². The van der Waals surface area contributed by atoms with Crippen molar-refractivity contribution in [2.24, 2.45) is 5.73 Å². The second-order valence-electron chi connectivity index (χ2n) is 5.74. The first kappa shape index (κ1) is 18.2. The lowest BCUT2D eigenvalue weighted by Gasteiger charge is -2.17. The molecule has 1 atom stereocenters. The topological polar surface area (TPSA) is 85.1 Å². The molecule has 0 saturated carbocycles. The fraction of sp³-hybridized carbons (Fsp3) is 0.105. The molecular formula is C19H15Cl2N3O2. The van der Waals surface area contributed by atoms with Crippen LogP contribution >= 0.6 is 23.2 Å². The zero-order valence-electron chi connectivity index (χ0n) is 13.6. The lowest BCUT2D eigenvalue weighted by Crippen LogP contribution is -2.46. The average Bonchev–Trinajstić information content (AvgIpc) is 2.62. The van der Waals surface area contributed by atoms with Gasteiger partial charge in [0.2, 0.25) is 5.91 Å². The fourth-order valence-corrected chi connectivity index (χ4v) is 3.15. The van der Waals surface area contributed by atoms with Gasteiger partial charge in [0, 0.05) is 28.0 Å². The van der Waals surface area contributed by atoms with E-state index in [9.17, 15) is 9.59 Å².